The van der Waals surface area contributed by atoms with Crippen LogP contribution in [0.2, 0.25) is 0 Å². The van der Waals surface area contributed by atoms with Crippen LogP contribution in [0.5, 0.6) is 0 Å². The zero-order chi connectivity index (χ0) is 13.2. The van der Waals surface area contributed by atoms with Crippen molar-refractivity contribution in [2.75, 3.05) is 0 Å². The van der Waals surface area contributed by atoms with Crippen LogP contribution in [0.15, 0.2) is 41.1 Å². The summed E-state index contributed by atoms with van der Waals surface area (Å²) in [6.07, 6.45) is 5.77. The number of aromatic nitrogens is 2. The van der Waals surface area contributed by atoms with Gasteiger partial charge < -0.3 is 5.73 Å². The van der Waals surface area contributed by atoms with Crippen LogP contribution in [0.1, 0.15) is 24.5 Å². The van der Waals surface area contributed by atoms with Gasteiger partial charge in [-0.05, 0) is 43.0 Å². The zero-order valence-electron chi connectivity index (χ0n) is 10.7. The fraction of sp³-hybridized carbons (Fsp3) is 0.357. The average molecular weight is 308 g/mol. The molecular weight excluding hydrogens is 290 g/mol. The first-order valence-corrected chi connectivity index (χ1v) is 6.79. The summed E-state index contributed by atoms with van der Waals surface area (Å²) in [6, 6.07) is 8.20. The first kappa shape index (κ1) is 13.3. The minimum absolute atomic E-state index is 0.320. The smallest absolute Gasteiger partial charge is 0.0521 e. The Bertz CT molecular complexity index is 531. The van der Waals surface area contributed by atoms with E-state index < -0.39 is 0 Å². The largest absolute Gasteiger partial charge is 0.322 e. The van der Waals surface area contributed by atoms with Crippen molar-refractivity contribution >= 4 is 15.9 Å². The summed E-state index contributed by atoms with van der Waals surface area (Å²) < 4.78 is 2.89. The van der Waals surface area contributed by atoms with Crippen LogP contribution in [0, 0.1) is 0 Å². The minimum Gasteiger partial charge on any atom is -0.322 e. The summed E-state index contributed by atoms with van der Waals surface area (Å²) in [5.41, 5.74) is 8.47. The molecule has 96 valence electrons. The van der Waals surface area contributed by atoms with Crippen LogP contribution in [-0.2, 0) is 19.0 Å². The molecule has 0 aliphatic heterocycles. The van der Waals surface area contributed by atoms with E-state index >= 15 is 0 Å². The number of nitrogens with zero attached hydrogens (tertiary/aromatic N) is 2. The van der Waals surface area contributed by atoms with Crippen molar-refractivity contribution in [1.82, 2.24) is 9.78 Å². The fourth-order valence-electron chi connectivity index (χ4n) is 1.99. The first-order valence-electron chi connectivity index (χ1n) is 6.00. The molecule has 1 heterocycles. The summed E-state index contributed by atoms with van der Waals surface area (Å²) in [4.78, 5) is 0. The Morgan fingerprint density at radius 1 is 1.44 bits per heavy atom. The van der Waals surface area contributed by atoms with Gasteiger partial charge in [-0.15, -0.1) is 0 Å². The molecule has 18 heavy (non-hydrogen) atoms. The number of aryl methyl sites for hydroxylation is 2. The number of rotatable bonds is 4. The van der Waals surface area contributed by atoms with E-state index in [1.807, 2.05) is 36.3 Å². The van der Waals surface area contributed by atoms with Gasteiger partial charge >= 0.3 is 0 Å². The Kier molecular flexibility index (Phi) is 3.88. The van der Waals surface area contributed by atoms with Gasteiger partial charge in [0.25, 0.3) is 0 Å². The van der Waals surface area contributed by atoms with Crippen molar-refractivity contribution in [3.63, 3.8) is 0 Å². The van der Waals surface area contributed by atoms with Crippen molar-refractivity contribution in [3.8, 4) is 0 Å². The molecule has 2 aromatic rings. The van der Waals surface area contributed by atoms with Gasteiger partial charge in [-0.3, -0.25) is 4.68 Å². The quantitative estimate of drug-likeness (QED) is 0.943. The van der Waals surface area contributed by atoms with Crippen molar-refractivity contribution in [2.45, 2.75) is 25.3 Å². The molecule has 2 rings (SSSR count). The summed E-state index contributed by atoms with van der Waals surface area (Å²) >= 11 is 3.49. The minimum atomic E-state index is -0.320. The van der Waals surface area contributed by atoms with Gasteiger partial charge in [-0.1, -0.05) is 28.1 Å². The van der Waals surface area contributed by atoms with E-state index in [2.05, 4.69) is 40.1 Å². The lowest BCUT2D eigenvalue weighted by atomic mass is 9.87. The summed E-state index contributed by atoms with van der Waals surface area (Å²) in [5, 5.41) is 4.17. The van der Waals surface area contributed by atoms with E-state index in [0.29, 0.717) is 0 Å². The van der Waals surface area contributed by atoms with Crippen molar-refractivity contribution in [3.05, 3.63) is 52.3 Å². The second kappa shape index (κ2) is 5.24. The van der Waals surface area contributed by atoms with Gasteiger partial charge in [0, 0.05) is 23.3 Å². The standard InChI is InChI=1S/C14H18BrN3/c1-14(16,12-4-3-5-13(15)8-12)7-6-11-9-17-18(2)10-11/h3-5,8-10H,6-7,16H2,1-2H3. The fourth-order valence-corrected chi connectivity index (χ4v) is 2.39. The molecule has 1 aromatic heterocycles. The summed E-state index contributed by atoms with van der Waals surface area (Å²) in [7, 11) is 1.93. The zero-order valence-corrected chi connectivity index (χ0v) is 12.3. The molecule has 0 bridgehead atoms. The number of halogens is 1. The average Bonchev–Trinajstić information content (AvgIpc) is 2.73. The van der Waals surface area contributed by atoms with E-state index in [1.54, 1.807) is 0 Å². The summed E-state index contributed by atoms with van der Waals surface area (Å²) in [6.45, 7) is 2.07. The second-order valence-electron chi connectivity index (χ2n) is 4.95. The predicted molar refractivity (Wildman–Crippen MR) is 77.2 cm³/mol. The molecule has 3 nitrogen and oxygen atoms in total. The Balaban J connectivity index is 2.07. The third-order valence-electron chi connectivity index (χ3n) is 3.18. The number of hydrogen-bond acceptors (Lipinski definition) is 2. The number of benzene rings is 1. The van der Waals surface area contributed by atoms with Crippen LogP contribution in [0.3, 0.4) is 0 Å². The molecule has 0 aliphatic rings. The van der Waals surface area contributed by atoms with Crippen LogP contribution in [-0.4, -0.2) is 9.78 Å². The maximum atomic E-state index is 6.41. The van der Waals surface area contributed by atoms with E-state index in [-0.39, 0.29) is 5.54 Å². The van der Waals surface area contributed by atoms with E-state index in [4.69, 9.17) is 5.73 Å². The highest BCUT2D eigenvalue weighted by molar-refractivity contribution is 9.10. The lowest BCUT2D eigenvalue weighted by Crippen LogP contribution is -2.33. The van der Waals surface area contributed by atoms with Crippen molar-refractivity contribution in [1.29, 1.82) is 0 Å². The van der Waals surface area contributed by atoms with Crippen LogP contribution in [0.25, 0.3) is 0 Å². The topological polar surface area (TPSA) is 43.8 Å². The lowest BCUT2D eigenvalue weighted by molar-refractivity contribution is 0.452. The lowest BCUT2D eigenvalue weighted by Gasteiger charge is -2.25. The molecule has 0 fully saturated rings. The SMILES string of the molecule is Cn1cc(CCC(C)(N)c2cccc(Br)c2)cn1. The second-order valence-corrected chi connectivity index (χ2v) is 5.87. The van der Waals surface area contributed by atoms with E-state index in [1.165, 1.54) is 5.56 Å². The molecule has 0 amide bonds. The van der Waals surface area contributed by atoms with Gasteiger partial charge in [0.2, 0.25) is 0 Å². The molecular formula is C14H18BrN3. The van der Waals surface area contributed by atoms with Crippen molar-refractivity contribution < 1.29 is 0 Å². The van der Waals surface area contributed by atoms with Crippen LogP contribution < -0.4 is 5.73 Å². The third kappa shape index (κ3) is 3.21. The highest BCUT2D eigenvalue weighted by Gasteiger charge is 2.21. The monoisotopic (exact) mass is 307 g/mol. The Labute approximate surface area is 116 Å². The molecule has 0 spiro atoms. The maximum absolute atomic E-state index is 6.41. The Morgan fingerprint density at radius 3 is 2.83 bits per heavy atom. The van der Waals surface area contributed by atoms with Crippen LogP contribution in [0.4, 0.5) is 0 Å². The molecule has 0 saturated carbocycles. The molecule has 1 atom stereocenters. The van der Waals surface area contributed by atoms with Gasteiger partial charge in [0.1, 0.15) is 0 Å². The Hall–Kier alpha value is -1.13. The highest BCUT2D eigenvalue weighted by Crippen LogP contribution is 2.25. The van der Waals surface area contributed by atoms with Gasteiger partial charge in [-0.2, -0.15) is 5.10 Å². The molecule has 0 radical (unpaired) electrons. The first-order chi connectivity index (χ1) is 8.47. The van der Waals surface area contributed by atoms with Crippen molar-refractivity contribution in [2.24, 2.45) is 12.8 Å². The van der Waals surface area contributed by atoms with Gasteiger partial charge in [0.05, 0.1) is 6.20 Å². The normalized spacial score (nSPS) is 14.4. The number of hydrogen-bond donors (Lipinski definition) is 1. The third-order valence-corrected chi connectivity index (χ3v) is 3.67. The van der Waals surface area contributed by atoms with Crippen LogP contribution >= 0.6 is 15.9 Å². The highest BCUT2D eigenvalue weighted by atomic mass is 79.9. The summed E-state index contributed by atoms with van der Waals surface area (Å²) in [5.74, 6) is 0. The molecule has 0 aliphatic carbocycles. The van der Waals surface area contributed by atoms with Gasteiger partial charge in [0.15, 0.2) is 0 Å². The molecule has 1 unspecified atom stereocenters. The Morgan fingerprint density at radius 2 is 2.22 bits per heavy atom. The van der Waals surface area contributed by atoms with E-state index in [0.717, 1.165) is 22.9 Å². The molecule has 2 N–H and O–H groups in total. The predicted octanol–water partition coefficient (Wildman–Crippen LogP) is 2.99. The van der Waals surface area contributed by atoms with Gasteiger partial charge in [-0.25, -0.2) is 0 Å². The van der Waals surface area contributed by atoms with E-state index in [9.17, 15) is 0 Å². The molecule has 4 heteroatoms. The molecule has 1 aromatic carbocycles. The maximum Gasteiger partial charge on any atom is 0.0521 e. The number of nitrogens with two attached hydrogens (primary N) is 1. The molecule has 0 saturated heterocycles.